The van der Waals surface area contributed by atoms with Crippen LogP contribution in [0.3, 0.4) is 0 Å². The number of nitrogens with zero attached hydrogens (tertiary/aromatic N) is 4. The Hall–Kier alpha value is -4.36. The van der Waals surface area contributed by atoms with Gasteiger partial charge in [-0.05, 0) is 74.4 Å². The molecule has 18 nitrogen and oxygen atoms in total. The molecular weight excluding hydrogens is 758 g/mol. The maximum atomic E-state index is 13.1. The van der Waals surface area contributed by atoms with Crippen LogP contribution < -0.4 is 10.1 Å². The Kier molecular flexibility index (Phi) is 20.5. The van der Waals surface area contributed by atoms with Gasteiger partial charge in [0.1, 0.15) is 34.7 Å². The Morgan fingerprint density at radius 3 is 1.38 bits per heavy atom. The number of carbonyl (C=O) groups excluding carboxylic acids is 5. The quantitative estimate of drug-likeness (QED) is 0.106. The SMILES string of the molecule is CC(C)(C)OC(=O)CN1CCN(CC(=O)NCCOCCOC(=O)Oc2ccccc2C(=O)O)CCN(CC(=O)OC(C)(C)C)CCN(CC(=O)OC(C)(C)C)CC1. The maximum Gasteiger partial charge on any atom is 0.513 e. The minimum Gasteiger partial charge on any atom is -0.478 e. The summed E-state index contributed by atoms with van der Waals surface area (Å²) in [4.78, 5) is 83.0. The highest BCUT2D eigenvalue weighted by atomic mass is 16.7. The van der Waals surface area contributed by atoms with Crippen LogP contribution in [0.2, 0.25) is 0 Å². The highest BCUT2D eigenvalue weighted by Crippen LogP contribution is 2.18. The second kappa shape index (κ2) is 23.9. The first kappa shape index (κ1) is 49.8. The minimum atomic E-state index is -1.25. The number of nitrogens with one attached hydrogen (secondary N) is 1. The van der Waals surface area contributed by atoms with Gasteiger partial charge in [-0.25, -0.2) is 9.59 Å². The second-order valence-electron chi connectivity index (χ2n) is 16.8. The van der Waals surface area contributed by atoms with E-state index in [1.165, 1.54) is 24.3 Å². The standard InChI is InChI=1S/C40H65N5O13/c1-38(2,3)56-33(47)27-43-17-15-42(26-32(46)41-14-23-53-24-25-54-37(52)55-31-13-11-10-12-30(31)36(50)51)16-18-44(28-34(48)57-39(4,5)6)20-22-45(21-19-43)29-35(49)58-40(7,8)9/h10-13H,14-29H2,1-9H3,(H,41,46)(H,50,51). The summed E-state index contributed by atoms with van der Waals surface area (Å²) < 4.78 is 32.2. The normalized spacial score (nSPS) is 15.9. The van der Waals surface area contributed by atoms with Gasteiger partial charge in [-0.3, -0.25) is 38.8 Å². The van der Waals surface area contributed by atoms with Crippen molar-refractivity contribution in [3.63, 3.8) is 0 Å². The molecule has 1 aromatic carbocycles. The van der Waals surface area contributed by atoms with E-state index in [1.54, 1.807) is 62.3 Å². The van der Waals surface area contributed by atoms with Gasteiger partial charge in [0.05, 0.1) is 39.4 Å². The fraction of sp³-hybridized carbons (Fsp3) is 0.700. The summed E-state index contributed by atoms with van der Waals surface area (Å²) in [5, 5.41) is 12.1. The lowest BCUT2D eigenvalue weighted by Crippen LogP contribution is -2.50. The van der Waals surface area contributed by atoms with Gasteiger partial charge < -0.3 is 38.8 Å². The third-order valence-electron chi connectivity index (χ3n) is 7.94. The van der Waals surface area contributed by atoms with Crippen LogP contribution in [0.5, 0.6) is 5.75 Å². The van der Waals surface area contributed by atoms with Crippen molar-refractivity contribution >= 4 is 35.9 Å². The van der Waals surface area contributed by atoms with E-state index in [0.29, 0.717) is 52.4 Å². The highest BCUT2D eigenvalue weighted by molar-refractivity contribution is 5.91. The molecule has 1 amide bonds. The Morgan fingerprint density at radius 2 is 0.983 bits per heavy atom. The van der Waals surface area contributed by atoms with Crippen LogP contribution in [0.1, 0.15) is 72.7 Å². The molecule has 1 aromatic rings. The van der Waals surface area contributed by atoms with Gasteiger partial charge >= 0.3 is 30.0 Å². The van der Waals surface area contributed by atoms with Gasteiger partial charge in [-0.2, -0.15) is 0 Å². The van der Waals surface area contributed by atoms with E-state index in [1.807, 2.05) is 19.6 Å². The number of hydrogen-bond donors (Lipinski definition) is 2. The van der Waals surface area contributed by atoms with Gasteiger partial charge in [-0.15, -0.1) is 0 Å². The van der Waals surface area contributed by atoms with Crippen LogP contribution in [-0.2, 0) is 42.9 Å². The van der Waals surface area contributed by atoms with Crippen LogP contribution in [-0.4, -0.2) is 182 Å². The number of esters is 3. The molecule has 0 atom stereocenters. The molecule has 0 bridgehead atoms. The van der Waals surface area contributed by atoms with E-state index >= 15 is 0 Å². The fourth-order valence-electron chi connectivity index (χ4n) is 5.54. The fourth-order valence-corrected chi connectivity index (χ4v) is 5.54. The molecule has 328 valence electrons. The predicted octanol–water partition coefficient (Wildman–Crippen LogP) is 2.28. The molecule has 1 heterocycles. The molecule has 0 radical (unpaired) electrons. The topological polar surface area (TPSA) is 203 Å². The molecule has 0 spiro atoms. The molecule has 18 heteroatoms. The molecule has 2 rings (SSSR count). The number of carboxylic acids is 1. The number of carboxylic acid groups (broad SMARTS) is 1. The van der Waals surface area contributed by atoms with E-state index in [0.717, 1.165) is 0 Å². The molecule has 2 N–H and O–H groups in total. The Labute approximate surface area is 342 Å². The Bertz CT molecular complexity index is 1460. The van der Waals surface area contributed by atoms with Crippen LogP contribution >= 0.6 is 0 Å². The molecule has 0 saturated carbocycles. The summed E-state index contributed by atoms with van der Waals surface area (Å²) in [6.45, 7) is 19.8. The first-order chi connectivity index (χ1) is 27.0. The molecule has 0 unspecified atom stereocenters. The zero-order valence-corrected chi connectivity index (χ0v) is 35.8. The Balaban J connectivity index is 2.05. The van der Waals surface area contributed by atoms with Gasteiger partial charge in [-0.1, -0.05) is 12.1 Å². The molecule has 1 fully saturated rings. The van der Waals surface area contributed by atoms with E-state index in [2.05, 4.69) is 5.32 Å². The summed E-state index contributed by atoms with van der Waals surface area (Å²) in [5.74, 6) is -2.83. The molecule has 0 aromatic heterocycles. The second-order valence-corrected chi connectivity index (χ2v) is 16.8. The summed E-state index contributed by atoms with van der Waals surface area (Å²) in [5.41, 5.74) is -2.19. The van der Waals surface area contributed by atoms with Gasteiger partial charge in [0.15, 0.2) is 0 Å². The van der Waals surface area contributed by atoms with E-state index in [4.69, 9.17) is 28.4 Å². The van der Waals surface area contributed by atoms with Crippen molar-refractivity contribution in [2.45, 2.75) is 79.1 Å². The number of ether oxygens (including phenoxy) is 6. The monoisotopic (exact) mass is 823 g/mol. The first-order valence-electron chi connectivity index (χ1n) is 19.5. The highest BCUT2D eigenvalue weighted by Gasteiger charge is 2.26. The summed E-state index contributed by atoms with van der Waals surface area (Å²) in [6, 6.07) is 5.67. The maximum absolute atomic E-state index is 13.1. The van der Waals surface area contributed by atoms with Gasteiger partial charge in [0.25, 0.3) is 0 Å². The number of carbonyl (C=O) groups is 6. The minimum absolute atomic E-state index is 0.00778. The van der Waals surface area contributed by atoms with Crippen LogP contribution in [0.15, 0.2) is 24.3 Å². The van der Waals surface area contributed by atoms with Crippen molar-refractivity contribution < 1.29 is 62.3 Å². The zero-order valence-electron chi connectivity index (χ0n) is 35.8. The number of amides is 1. The summed E-state index contributed by atoms with van der Waals surface area (Å²) >= 11 is 0. The first-order valence-corrected chi connectivity index (χ1v) is 19.5. The van der Waals surface area contributed by atoms with Crippen molar-refractivity contribution in [2.24, 2.45) is 0 Å². The molecular formula is C40H65N5O13. The number of benzene rings is 1. The van der Waals surface area contributed by atoms with Crippen LogP contribution in [0.25, 0.3) is 0 Å². The van der Waals surface area contributed by atoms with Gasteiger partial charge in [0, 0.05) is 58.9 Å². The Morgan fingerprint density at radius 1 is 0.586 bits per heavy atom. The molecule has 58 heavy (non-hydrogen) atoms. The van der Waals surface area contributed by atoms with Crippen LogP contribution in [0, 0.1) is 0 Å². The average molecular weight is 824 g/mol. The van der Waals surface area contributed by atoms with Crippen molar-refractivity contribution in [2.75, 3.05) is 105 Å². The smallest absolute Gasteiger partial charge is 0.478 e. The van der Waals surface area contributed by atoms with E-state index in [9.17, 15) is 33.9 Å². The van der Waals surface area contributed by atoms with Crippen molar-refractivity contribution in [1.82, 2.24) is 24.9 Å². The molecule has 0 aliphatic carbocycles. The third-order valence-corrected chi connectivity index (χ3v) is 7.94. The van der Waals surface area contributed by atoms with Crippen molar-refractivity contribution in [3.8, 4) is 5.75 Å². The molecule has 1 aliphatic rings. The van der Waals surface area contributed by atoms with E-state index in [-0.39, 0.29) is 75.7 Å². The summed E-state index contributed by atoms with van der Waals surface area (Å²) in [6.07, 6.45) is -1.08. The van der Waals surface area contributed by atoms with Crippen LogP contribution in [0.4, 0.5) is 4.79 Å². The van der Waals surface area contributed by atoms with Crippen molar-refractivity contribution in [3.05, 3.63) is 29.8 Å². The average Bonchev–Trinajstić information content (AvgIpc) is 3.06. The summed E-state index contributed by atoms with van der Waals surface area (Å²) in [7, 11) is 0. The lowest BCUT2D eigenvalue weighted by Gasteiger charge is -2.34. The number of hydrogen-bond acceptors (Lipinski definition) is 16. The van der Waals surface area contributed by atoms with Crippen molar-refractivity contribution in [1.29, 1.82) is 0 Å². The number of para-hydroxylation sites is 1. The largest absolute Gasteiger partial charge is 0.513 e. The molecule has 1 saturated heterocycles. The van der Waals surface area contributed by atoms with Gasteiger partial charge in [0.2, 0.25) is 5.91 Å². The van der Waals surface area contributed by atoms with E-state index < -0.39 is 40.9 Å². The lowest BCUT2D eigenvalue weighted by atomic mass is 10.2. The number of aromatic carboxylic acids is 1. The number of rotatable bonds is 16. The predicted molar refractivity (Wildman–Crippen MR) is 213 cm³/mol. The lowest BCUT2D eigenvalue weighted by molar-refractivity contribution is -0.158. The molecule has 1 aliphatic heterocycles. The third kappa shape index (κ3) is 23.1. The zero-order chi connectivity index (χ0) is 43.5.